The maximum atomic E-state index is 11.6. The van der Waals surface area contributed by atoms with Gasteiger partial charge >= 0.3 is 6.03 Å². The van der Waals surface area contributed by atoms with E-state index in [1.54, 1.807) is 0 Å². The number of benzene rings is 1. The van der Waals surface area contributed by atoms with Gasteiger partial charge in [0, 0.05) is 5.56 Å². The monoisotopic (exact) mass is 242 g/mol. The van der Waals surface area contributed by atoms with Crippen molar-refractivity contribution in [1.29, 1.82) is 0 Å². The molecule has 0 unspecified atom stereocenters. The molecule has 0 radical (unpaired) electrons. The predicted octanol–water partition coefficient (Wildman–Crippen LogP) is 0.362. The molecule has 18 heavy (non-hydrogen) atoms. The van der Waals surface area contributed by atoms with Crippen molar-refractivity contribution in [1.82, 2.24) is 10.6 Å². The van der Waals surface area contributed by atoms with E-state index in [2.05, 4.69) is 20.6 Å². The topological polar surface area (TPSA) is 82.9 Å². The first kappa shape index (κ1) is 10.6. The van der Waals surface area contributed by atoms with Gasteiger partial charge in [0.15, 0.2) is 11.9 Å². The van der Waals surface area contributed by atoms with E-state index in [-0.39, 0.29) is 0 Å². The number of nitrogens with one attached hydrogen (secondary N) is 2. The van der Waals surface area contributed by atoms with Crippen LogP contribution in [0.2, 0.25) is 0 Å². The van der Waals surface area contributed by atoms with Crippen molar-refractivity contribution in [2.75, 3.05) is 0 Å². The van der Waals surface area contributed by atoms with Crippen LogP contribution in [0.3, 0.4) is 0 Å². The number of carbonyl (C=O) groups is 2. The van der Waals surface area contributed by atoms with Gasteiger partial charge in [-0.3, -0.25) is 15.4 Å². The highest BCUT2D eigenvalue weighted by Crippen LogP contribution is 2.14. The zero-order valence-electron chi connectivity index (χ0n) is 9.60. The molecule has 2 heterocycles. The summed E-state index contributed by atoms with van der Waals surface area (Å²) in [6.45, 7) is 1.99. The maximum Gasteiger partial charge on any atom is 0.326 e. The minimum atomic E-state index is -0.737. The van der Waals surface area contributed by atoms with Crippen molar-refractivity contribution in [2.45, 2.75) is 13.0 Å². The highest BCUT2D eigenvalue weighted by molar-refractivity contribution is 6.27. The summed E-state index contributed by atoms with van der Waals surface area (Å²) in [4.78, 5) is 31.1. The lowest BCUT2D eigenvalue weighted by Gasteiger charge is -2.16. The Morgan fingerprint density at radius 3 is 2.56 bits per heavy atom. The molecule has 1 atom stereocenters. The number of carbonyl (C=O) groups excluding carboxylic acids is 2. The van der Waals surface area contributed by atoms with E-state index in [0.29, 0.717) is 11.7 Å². The average molecular weight is 242 g/mol. The summed E-state index contributed by atoms with van der Waals surface area (Å²) in [6.07, 6.45) is 0. The number of hydrogen-bond acceptors (Lipinski definition) is 4. The summed E-state index contributed by atoms with van der Waals surface area (Å²) in [7, 11) is 0. The first-order valence-corrected chi connectivity index (χ1v) is 5.49. The van der Waals surface area contributed by atoms with Crippen molar-refractivity contribution in [3.05, 3.63) is 35.4 Å². The summed E-state index contributed by atoms with van der Waals surface area (Å²) >= 11 is 0. The molecule has 2 aliphatic rings. The standard InChI is InChI=1S/C12H10N4O2/c1-6-2-4-7(5-3-6)9-13-8-10(14-9)15-12(18)16-11(8)17/h2-5,8H,1H3,(H2,13,14,15,16,17,18)/t8-/m0/s1. The number of urea groups is 1. The van der Waals surface area contributed by atoms with Gasteiger partial charge in [0.25, 0.3) is 5.91 Å². The Hall–Kier alpha value is -2.50. The molecule has 1 fully saturated rings. The maximum absolute atomic E-state index is 11.6. The Kier molecular flexibility index (Phi) is 2.22. The summed E-state index contributed by atoms with van der Waals surface area (Å²) in [6, 6.07) is 6.36. The predicted molar refractivity (Wildman–Crippen MR) is 65.6 cm³/mol. The Morgan fingerprint density at radius 2 is 1.83 bits per heavy atom. The summed E-state index contributed by atoms with van der Waals surface area (Å²) in [5.41, 5.74) is 1.96. The van der Waals surface area contributed by atoms with Gasteiger partial charge in [0.05, 0.1) is 0 Å². The van der Waals surface area contributed by atoms with Gasteiger partial charge in [0.1, 0.15) is 5.84 Å². The van der Waals surface area contributed by atoms with E-state index in [9.17, 15) is 9.59 Å². The molecule has 2 aliphatic heterocycles. The number of rotatable bonds is 1. The first-order chi connectivity index (χ1) is 8.63. The largest absolute Gasteiger partial charge is 0.326 e. The second kappa shape index (κ2) is 3.76. The van der Waals surface area contributed by atoms with Gasteiger partial charge in [-0.1, -0.05) is 29.8 Å². The molecule has 6 nitrogen and oxygen atoms in total. The zero-order valence-corrected chi connectivity index (χ0v) is 9.60. The number of amidine groups is 2. The van der Waals surface area contributed by atoms with E-state index >= 15 is 0 Å². The van der Waals surface area contributed by atoms with Crippen molar-refractivity contribution in [3.63, 3.8) is 0 Å². The lowest BCUT2D eigenvalue weighted by atomic mass is 10.1. The molecule has 6 heteroatoms. The van der Waals surface area contributed by atoms with Crippen molar-refractivity contribution in [3.8, 4) is 0 Å². The number of imide groups is 1. The molecule has 3 rings (SSSR count). The molecule has 0 saturated carbocycles. The molecule has 0 bridgehead atoms. The van der Waals surface area contributed by atoms with Gasteiger partial charge in [0.2, 0.25) is 0 Å². The van der Waals surface area contributed by atoms with Crippen LogP contribution in [0.4, 0.5) is 4.79 Å². The van der Waals surface area contributed by atoms with E-state index in [1.807, 2.05) is 31.2 Å². The highest BCUT2D eigenvalue weighted by Gasteiger charge is 2.36. The van der Waals surface area contributed by atoms with Gasteiger partial charge in [-0.2, -0.15) is 0 Å². The third kappa shape index (κ3) is 1.67. The molecule has 2 N–H and O–H groups in total. The molecule has 0 spiro atoms. The fourth-order valence-corrected chi connectivity index (χ4v) is 1.84. The second-order valence-corrected chi connectivity index (χ2v) is 4.16. The molecular formula is C12H10N4O2. The third-order valence-electron chi connectivity index (χ3n) is 2.77. The van der Waals surface area contributed by atoms with Crippen LogP contribution in [0.1, 0.15) is 11.1 Å². The van der Waals surface area contributed by atoms with Crippen molar-refractivity contribution >= 4 is 23.6 Å². The van der Waals surface area contributed by atoms with Crippen LogP contribution in [0.5, 0.6) is 0 Å². The second-order valence-electron chi connectivity index (χ2n) is 4.16. The number of aliphatic imine (C=N–C) groups is 2. The zero-order chi connectivity index (χ0) is 12.7. The Morgan fingerprint density at radius 1 is 1.11 bits per heavy atom. The Labute approximate surface area is 103 Å². The molecular weight excluding hydrogens is 232 g/mol. The number of hydrogen-bond donors (Lipinski definition) is 2. The molecule has 3 amide bonds. The molecule has 1 aromatic rings. The lowest BCUT2D eigenvalue weighted by Crippen LogP contribution is -2.57. The van der Waals surface area contributed by atoms with Crippen LogP contribution in [-0.4, -0.2) is 29.7 Å². The lowest BCUT2D eigenvalue weighted by molar-refractivity contribution is -0.120. The van der Waals surface area contributed by atoms with E-state index < -0.39 is 18.0 Å². The van der Waals surface area contributed by atoms with Crippen LogP contribution in [-0.2, 0) is 4.79 Å². The highest BCUT2D eigenvalue weighted by atomic mass is 16.2. The number of aryl methyl sites for hydroxylation is 1. The van der Waals surface area contributed by atoms with Crippen LogP contribution in [0, 0.1) is 6.92 Å². The summed E-state index contributed by atoms with van der Waals surface area (Å²) in [5.74, 6) is 0.311. The smallest absolute Gasteiger partial charge is 0.293 e. The van der Waals surface area contributed by atoms with E-state index in [1.165, 1.54) is 0 Å². The van der Waals surface area contributed by atoms with Gasteiger partial charge in [-0.05, 0) is 6.92 Å². The molecule has 90 valence electrons. The van der Waals surface area contributed by atoms with Gasteiger partial charge in [-0.15, -0.1) is 0 Å². The van der Waals surface area contributed by atoms with Crippen molar-refractivity contribution in [2.24, 2.45) is 9.98 Å². The summed E-state index contributed by atoms with van der Waals surface area (Å²) in [5, 5.41) is 4.64. The summed E-state index contributed by atoms with van der Waals surface area (Å²) < 4.78 is 0. The number of amides is 3. The SMILES string of the molecule is Cc1ccc(C2=N[C@@H]3C(=O)NC(=O)NC3=N2)cc1. The van der Waals surface area contributed by atoms with E-state index in [4.69, 9.17) is 0 Å². The van der Waals surface area contributed by atoms with Crippen LogP contribution in [0.15, 0.2) is 34.3 Å². The normalized spacial score (nSPS) is 21.7. The fraction of sp³-hybridized carbons (Fsp3) is 0.167. The Bertz CT molecular complexity index is 601. The number of fused-ring (bicyclic) bond motifs is 1. The minimum absolute atomic E-state index is 0.291. The first-order valence-electron chi connectivity index (χ1n) is 5.49. The quantitative estimate of drug-likeness (QED) is 0.745. The Balaban J connectivity index is 1.96. The molecule has 1 saturated heterocycles. The average Bonchev–Trinajstić information content (AvgIpc) is 2.74. The van der Waals surface area contributed by atoms with Crippen LogP contribution in [0.25, 0.3) is 0 Å². The van der Waals surface area contributed by atoms with Gasteiger partial charge in [-0.25, -0.2) is 14.8 Å². The van der Waals surface area contributed by atoms with Crippen molar-refractivity contribution < 1.29 is 9.59 Å². The minimum Gasteiger partial charge on any atom is -0.293 e. The molecule has 0 aliphatic carbocycles. The van der Waals surface area contributed by atoms with Crippen LogP contribution >= 0.6 is 0 Å². The molecule has 0 aromatic heterocycles. The molecule has 1 aromatic carbocycles. The third-order valence-corrected chi connectivity index (χ3v) is 2.77. The van der Waals surface area contributed by atoms with Gasteiger partial charge < -0.3 is 0 Å². The number of nitrogens with zero attached hydrogens (tertiary/aromatic N) is 2. The fourth-order valence-electron chi connectivity index (χ4n) is 1.84. The van der Waals surface area contributed by atoms with Crippen LogP contribution < -0.4 is 10.6 Å². The van der Waals surface area contributed by atoms with E-state index in [0.717, 1.165) is 11.1 Å².